The maximum Gasteiger partial charge on any atom is 0.341 e. The smallest absolute Gasteiger partial charge is 0.341 e. The average molecular weight is 1180 g/mol. The molecule has 1 amide bonds. The minimum atomic E-state index is -1.85. The Hall–Kier alpha value is -3.59. The van der Waals surface area contributed by atoms with Gasteiger partial charge in [0.05, 0.1) is 71.0 Å². The minimum Gasteiger partial charge on any atom is -0.477 e. The fraction of sp³-hybridized carbons (Fsp3) is 0.797. The molecule has 4 fully saturated rings. The molecule has 1 saturated carbocycles. The molecule has 23 heteroatoms. The van der Waals surface area contributed by atoms with Crippen LogP contribution in [0.4, 0.5) is 5.69 Å². The number of nitrogens with one attached hydrogen (secondary N) is 2. The van der Waals surface area contributed by atoms with Crippen molar-refractivity contribution in [2.75, 3.05) is 73.0 Å². The molecule has 4 heterocycles. The molecule has 18 atom stereocenters. The van der Waals surface area contributed by atoms with Gasteiger partial charge in [-0.2, -0.15) is 0 Å². The van der Waals surface area contributed by atoms with E-state index in [9.17, 15) is 44.7 Å². The summed E-state index contributed by atoms with van der Waals surface area (Å²) in [6.45, 7) is 19.5. The third kappa shape index (κ3) is 16.3. The summed E-state index contributed by atoms with van der Waals surface area (Å²) in [5.74, 6) is -4.27. The van der Waals surface area contributed by atoms with Crippen LogP contribution >= 0.6 is 11.6 Å². The molecule has 82 heavy (non-hydrogen) atoms. The first-order valence-corrected chi connectivity index (χ1v) is 29.7. The molecular formula is C59H96ClN5O17. The number of aromatic nitrogens is 1. The van der Waals surface area contributed by atoms with E-state index in [1.54, 1.807) is 46.9 Å². The van der Waals surface area contributed by atoms with Crippen LogP contribution in [-0.4, -0.2) is 216 Å². The summed E-state index contributed by atoms with van der Waals surface area (Å²) >= 11 is 6.58. The highest BCUT2D eigenvalue weighted by Crippen LogP contribution is 2.42. The second-order valence-corrected chi connectivity index (χ2v) is 25.1. The number of ether oxygens (including phenoxy) is 8. The van der Waals surface area contributed by atoms with E-state index in [-0.39, 0.29) is 93.0 Å². The van der Waals surface area contributed by atoms with Crippen molar-refractivity contribution < 1.29 is 77.8 Å². The maximum absolute atomic E-state index is 14.6. The third-order valence-corrected chi connectivity index (χ3v) is 17.7. The number of carboxylic acid groups (broad SMARTS) is 1. The van der Waals surface area contributed by atoms with Gasteiger partial charge >= 0.3 is 11.9 Å². The van der Waals surface area contributed by atoms with Crippen LogP contribution in [0.2, 0.25) is 5.02 Å². The monoisotopic (exact) mass is 1180 g/mol. The van der Waals surface area contributed by atoms with Gasteiger partial charge in [0.15, 0.2) is 12.6 Å². The summed E-state index contributed by atoms with van der Waals surface area (Å²) in [6, 6.07) is 2.49. The lowest BCUT2D eigenvalue weighted by atomic mass is 9.77. The van der Waals surface area contributed by atoms with E-state index in [0.717, 1.165) is 12.8 Å². The number of carbonyl (C=O) groups excluding carboxylic acids is 2. The van der Waals surface area contributed by atoms with Crippen LogP contribution < -0.4 is 16.1 Å². The Morgan fingerprint density at radius 2 is 1.62 bits per heavy atom. The van der Waals surface area contributed by atoms with Crippen molar-refractivity contribution in [2.45, 2.75) is 217 Å². The number of amides is 1. The Balaban J connectivity index is 1.08. The molecule has 1 aliphatic carbocycles. The topological polar surface area (TPSA) is 279 Å². The molecular weight excluding hydrogens is 1090 g/mol. The molecule has 0 spiro atoms. The molecule has 3 aliphatic heterocycles. The normalized spacial score (nSPS) is 36.6. The Morgan fingerprint density at radius 1 is 0.939 bits per heavy atom. The van der Waals surface area contributed by atoms with Crippen molar-refractivity contribution in [3.8, 4) is 0 Å². The molecule has 466 valence electrons. The highest BCUT2D eigenvalue weighted by Gasteiger charge is 2.53. The summed E-state index contributed by atoms with van der Waals surface area (Å²) in [6.07, 6.45) is -4.61. The molecule has 7 N–H and O–H groups in total. The quantitative estimate of drug-likeness (QED) is 0.0643. The van der Waals surface area contributed by atoms with Crippen LogP contribution in [0.1, 0.15) is 137 Å². The van der Waals surface area contributed by atoms with Crippen molar-refractivity contribution >= 4 is 46.0 Å². The second kappa shape index (κ2) is 28.7. The Labute approximate surface area is 488 Å². The van der Waals surface area contributed by atoms with Gasteiger partial charge in [-0.3, -0.25) is 14.4 Å². The molecule has 4 aliphatic rings. The number of aliphatic hydroxyl groups is 4. The Bertz CT molecular complexity index is 2510. The van der Waals surface area contributed by atoms with E-state index < -0.39 is 107 Å². The highest BCUT2D eigenvalue weighted by molar-refractivity contribution is 6.34. The number of pyridine rings is 1. The minimum absolute atomic E-state index is 0.129. The van der Waals surface area contributed by atoms with Crippen molar-refractivity contribution in [1.29, 1.82) is 0 Å². The number of carboxylic acids is 1. The van der Waals surface area contributed by atoms with Crippen LogP contribution in [0, 0.1) is 17.8 Å². The molecule has 22 nitrogen and oxygen atoms in total. The summed E-state index contributed by atoms with van der Waals surface area (Å²) in [5.41, 5.74) is -4.27. The number of carbonyl (C=O) groups is 3. The van der Waals surface area contributed by atoms with Crippen molar-refractivity contribution in [3.63, 3.8) is 0 Å². The predicted molar refractivity (Wildman–Crippen MR) is 308 cm³/mol. The van der Waals surface area contributed by atoms with Crippen molar-refractivity contribution in [2.24, 2.45) is 17.8 Å². The van der Waals surface area contributed by atoms with Gasteiger partial charge in [-0.05, 0) is 126 Å². The van der Waals surface area contributed by atoms with E-state index in [1.807, 2.05) is 70.1 Å². The largest absolute Gasteiger partial charge is 0.477 e. The first kappa shape index (κ1) is 67.5. The number of aliphatic hydroxyl groups excluding tert-OH is 2. The lowest BCUT2D eigenvalue weighted by molar-refractivity contribution is -0.320. The first-order chi connectivity index (χ1) is 38.5. The number of rotatable bonds is 21. The van der Waals surface area contributed by atoms with E-state index in [4.69, 9.17) is 49.5 Å². The lowest BCUT2D eigenvalue weighted by Gasteiger charge is -2.49. The molecule has 6 rings (SSSR count). The Morgan fingerprint density at radius 3 is 2.26 bits per heavy atom. The SMILES string of the molecule is CC[C@H]1OC(=O)[C@H](C)[C@@H](O[C@H]2C[C@@](C)(OC)[C@@H](OCCCC(=O)NCCOCCNc3cc4c(=O)c(C(=O)O)cn(C5CC5)c4cc3Cl)[C@H](C)O2)[C@H](C)[C@@H](O[C@@H]2O[C@H](C)C[C@H](N(C)C)[C@H]2O)[C@](C)(O)C[C@@H](C)CN(C)[C@H](C)[C@@H](O)[C@]1(C)O. The van der Waals surface area contributed by atoms with Gasteiger partial charge in [-0.25, -0.2) is 4.79 Å². The van der Waals surface area contributed by atoms with Crippen LogP contribution in [0.15, 0.2) is 23.1 Å². The molecule has 2 aromatic rings. The number of likely N-dealkylation sites (N-methyl/N-ethyl adjacent to an activating group) is 2. The van der Waals surface area contributed by atoms with Gasteiger partial charge in [0.1, 0.15) is 35.6 Å². The number of methoxy groups -OCH3 is 1. The van der Waals surface area contributed by atoms with Crippen LogP contribution in [0.3, 0.4) is 0 Å². The molecule has 0 bridgehead atoms. The highest BCUT2D eigenvalue weighted by atomic mass is 35.5. The molecule has 0 unspecified atom stereocenters. The molecule has 1 aromatic carbocycles. The fourth-order valence-electron chi connectivity index (χ4n) is 12.5. The van der Waals surface area contributed by atoms with Crippen molar-refractivity contribution in [3.05, 3.63) is 39.1 Å². The Kier molecular flexibility index (Phi) is 23.7. The summed E-state index contributed by atoms with van der Waals surface area (Å²) in [4.78, 5) is 56.2. The molecule has 3 saturated heterocycles. The van der Waals surface area contributed by atoms with Crippen LogP contribution in [-0.2, 0) is 47.5 Å². The first-order valence-electron chi connectivity index (χ1n) is 29.3. The number of aromatic carboxylic acids is 1. The second-order valence-electron chi connectivity index (χ2n) is 24.7. The summed E-state index contributed by atoms with van der Waals surface area (Å²) < 4.78 is 52.9. The number of halogens is 1. The van der Waals surface area contributed by atoms with Crippen LogP contribution in [0.25, 0.3) is 10.9 Å². The van der Waals surface area contributed by atoms with E-state index in [0.29, 0.717) is 42.2 Å². The van der Waals surface area contributed by atoms with E-state index in [1.165, 1.54) is 13.1 Å². The number of hydrogen-bond donors (Lipinski definition) is 7. The molecule has 0 radical (unpaired) electrons. The number of fused-ring (bicyclic) bond motifs is 1. The standard InChI is InChI=1S/C59H96ClN5O17/c1-15-45-59(10,74)51(69)36(6)64(13)30-32(2)28-57(8,73)52(82-56-49(68)44(63(11)12)25-33(3)78-56)34(4)50(35(5)55(72)80-45)81-47-29-58(9,75-14)53(37(7)79-47)77-22-16-17-46(66)62-21-24-76-23-20-61-42-26-39-43(27-41(42)60)65(38-18-19-38)31-40(48(39)67)54(70)71/h26-27,31-38,44-45,47,49-53,56,61,68-69,73-74H,15-25,28-30H2,1-14H3,(H,62,66)(H,70,71)/t32-,33-,34+,35-,36-,37+,44+,45-,47+,49-,50+,51-,52-,53+,56+,57-,58-,59-/m1/s1. The molecule has 1 aromatic heterocycles. The van der Waals surface area contributed by atoms with E-state index in [2.05, 4.69) is 10.6 Å². The lowest BCUT2D eigenvalue weighted by Crippen LogP contribution is -2.61. The fourth-order valence-corrected chi connectivity index (χ4v) is 12.7. The zero-order valence-electron chi connectivity index (χ0n) is 50.7. The summed E-state index contributed by atoms with van der Waals surface area (Å²) in [5, 5.41) is 64.5. The number of anilines is 1. The van der Waals surface area contributed by atoms with Gasteiger partial charge < -0.3 is 88.4 Å². The average Bonchev–Trinajstić information content (AvgIpc) is 2.92. The number of hydrogen-bond acceptors (Lipinski definition) is 19. The van der Waals surface area contributed by atoms with Gasteiger partial charge in [-0.15, -0.1) is 0 Å². The maximum atomic E-state index is 14.6. The third-order valence-electron chi connectivity index (χ3n) is 17.4. The number of nitrogens with zero attached hydrogens (tertiary/aromatic N) is 3. The predicted octanol–water partition coefficient (Wildman–Crippen LogP) is 4.95. The zero-order chi connectivity index (χ0) is 60.8. The van der Waals surface area contributed by atoms with Gasteiger partial charge in [-0.1, -0.05) is 32.4 Å². The summed E-state index contributed by atoms with van der Waals surface area (Å²) in [7, 11) is 7.15. The number of esters is 1. The van der Waals surface area contributed by atoms with Crippen LogP contribution in [0.5, 0.6) is 0 Å². The van der Waals surface area contributed by atoms with Crippen molar-refractivity contribution in [1.82, 2.24) is 19.7 Å². The van der Waals surface area contributed by atoms with Gasteiger partial charge in [0.2, 0.25) is 11.3 Å². The van der Waals surface area contributed by atoms with Gasteiger partial charge in [0, 0.05) is 81.8 Å². The number of benzene rings is 1. The van der Waals surface area contributed by atoms with E-state index >= 15 is 0 Å². The number of cyclic esters (lactones) is 1. The van der Waals surface area contributed by atoms with Gasteiger partial charge in [0.25, 0.3) is 0 Å². The zero-order valence-corrected chi connectivity index (χ0v) is 51.5.